The van der Waals surface area contributed by atoms with Gasteiger partial charge >= 0.3 is 12.1 Å². The van der Waals surface area contributed by atoms with Gasteiger partial charge in [-0.05, 0) is 40.0 Å². The zero-order valence-electron chi connectivity index (χ0n) is 20.4. The van der Waals surface area contributed by atoms with Crippen molar-refractivity contribution >= 4 is 18.0 Å². The van der Waals surface area contributed by atoms with Crippen LogP contribution >= 0.6 is 0 Å². The number of hydrogen-bond acceptors (Lipinski definition) is 4. The van der Waals surface area contributed by atoms with E-state index in [4.69, 9.17) is 4.74 Å². The Morgan fingerprint density at radius 3 is 2.23 bits per heavy atom. The summed E-state index contributed by atoms with van der Waals surface area (Å²) in [5, 5.41) is 12.4. The van der Waals surface area contributed by atoms with Crippen molar-refractivity contribution < 1.29 is 24.2 Å². The quantitative estimate of drug-likeness (QED) is 0.649. The number of nitrogens with one attached hydrogen (secondary N) is 1. The van der Waals surface area contributed by atoms with Crippen LogP contribution in [0.3, 0.4) is 0 Å². The van der Waals surface area contributed by atoms with E-state index in [1.807, 2.05) is 45.0 Å². The van der Waals surface area contributed by atoms with Crippen LogP contribution in [0.2, 0.25) is 0 Å². The van der Waals surface area contributed by atoms with Gasteiger partial charge in [0.15, 0.2) is 0 Å². The first-order chi connectivity index (χ1) is 16.6. The molecule has 2 aromatic carbocycles. The molecule has 3 unspecified atom stereocenters. The van der Waals surface area contributed by atoms with E-state index < -0.39 is 23.5 Å². The number of ether oxygens (including phenoxy) is 1. The Kier molecular flexibility index (Phi) is 5.61. The summed E-state index contributed by atoms with van der Waals surface area (Å²) < 4.78 is 5.69. The molecule has 0 radical (unpaired) electrons. The number of carboxylic acid groups (broad SMARTS) is 1. The summed E-state index contributed by atoms with van der Waals surface area (Å²) in [6, 6.07) is 15.9. The smallest absolute Gasteiger partial charge is 0.407 e. The van der Waals surface area contributed by atoms with Crippen LogP contribution in [0.15, 0.2) is 48.5 Å². The average Bonchev–Trinajstić information content (AvgIpc) is 3.24. The van der Waals surface area contributed by atoms with Gasteiger partial charge in [0.05, 0.1) is 5.41 Å². The molecule has 2 aromatic rings. The van der Waals surface area contributed by atoms with Crippen LogP contribution in [0.5, 0.6) is 0 Å². The van der Waals surface area contributed by atoms with Gasteiger partial charge in [-0.3, -0.25) is 9.59 Å². The highest BCUT2D eigenvalue weighted by Gasteiger charge is 2.66. The van der Waals surface area contributed by atoms with E-state index in [-0.39, 0.29) is 42.7 Å². The number of carboxylic acids is 1. The molecular formula is C28H32N2O5. The second-order valence-corrected chi connectivity index (χ2v) is 11.2. The van der Waals surface area contributed by atoms with Crippen LogP contribution in [0.1, 0.15) is 50.7 Å². The van der Waals surface area contributed by atoms with E-state index in [2.05, 4.69) is 29.6 Å². The molecule has 1 saturated carbocycles. The highest BCUT2D eigenvalue weighted by molar-refractivity contribution is 5.84. The van der Waals surface area contributed by atoms with Gasteiger partial charge in [-0.25, -0.2) is 4.79 Å². The van der Waals surface area contributed by atoms with E-state index in [9.17, 15) is 19.5 Å². The Bertz CT molecular complexity index is 1140. The molecule has 3 atom stereocenters. The lowest BCUT2D eigenvalue weighted by molar-refractivity contribution is -0.144. The molecule has 2 N–H and O–H groups in total. The molecule has 7 heteroatoms. The first-order valence-electron chi connectivity index (χ1n) is 12.2. The number of amides is 2. The number of benzene rings is 2. The zero-order valence-corrected chi connectivity index (χ0v) is 20.4. The molecule has 2 aliphatic carbocycles. The molecule has 7 nitrogen and oxygen atoms in total. The Morgan fingerprint density at radius 1 is 1.09 bits per heavy atom. The largest absolute Gasteiger partial charge is 0.481 e. The minimum absolute atomic E-state index is 0.0357. The number of piperidine rings is 1. The Balaban J connectivity index is 1.22. The van der Waals surface area contributed by atoms with Gasteiger partial charge < -0.3 is 20.1 Å². The summed E-state index contributed by atoms with van der Waals surface area (Å²) in [5.41, 5.74) is 3.48. The molecule has 0 spiro atoms. The van der Waals surface area contributed by atoms with Gasteiger partial charge in [0.1, 0.15) is 6.61 Å². The van der Waals surface area contributed by atoms with Gasteiger partial charge in [0.25, 0.3) is 0 Å². The van der Waals surface area contributed by atoms with Crippen LogP contribution < -0.4 is 5.32 Å². The summed E-state index contributed by atoms with van der Waals surface area (Å²) in [6.45, 7) is 6.85. The maximum Gasteiger partial charge on any atom is 0.407 e. The van der Waals surface area contributed by atoms with Gasteiger partial charge in [-0.2, -0.15) is 0 Å². The number of rotatable bonds is 6. The standard InChI is InChI=1S/C28H32N2O5/c1-27(2,3)23(12-24(31)30-14-17-13-28(17,16-30)25(32)33)29-26(34)35-15-22-20-10-6-4-8-18(20)19-9-5-7-11-21(19)22/h4-11,17,22-23H,12-16H2,1-3H3,(H,29,34)(H,32,33). The third-order valence-corrected chi connectivity index (χ3v) is 7.98. The van der Waals surface area contributed by atoms with Gasteiger partial charge in [0, 0.05) is 31.5 Å². The molecule has 35 heavy (non-hydrogen) atoms. The van der Waals surface area contributed by atoms with E-state index in [0.29, 0.717) is 13.0 Å². The third kappa shape index (κ3) is 4.17. The molecular weight excluding hydrogens is 444 g/mol. The fourth-order valence-corrected chi connectivity index (χ4v) is 5.66. The predicted octanol–water partition coefficient (Wildman–Crippen LogP) is 4.26. The van der Waals surface area contributed by atoms with E-state index in [1.54, 1.807) is 4.90 Å². The summed E-state index contributed by atoms with van der Waals surface area (Å²) in [7, 11) is 0. The first kappa shape index (κ1) is 23.4. The molecule has 1 saturated heterocycles. The topological polar surface area (TPSA) is 95.9 Å². The third-order valence-electron chi connectivity index (χ3n) is 7.98. The van der Waals surface area contributed by atoms with Crippen LogP contribution in [0.25, 0.3) is 11.1 Å². The summed E-state index contributed by atoms with van der Waals surface area (Å²) in [4.78, 5) is 39.1. The van der Waals surface area contributed by atoms with E-state index >= 15 is 0 Å². The second kappa shape index (κ2) is 8.40. The Morgan fingerprint density at radius 2 is 1.69 bits per heavy atom. The van der Waals surface area contributed by atoms with Crippen LogP contribution in [-0.4, -0.2) is 53.7 Å². The molecule has 5 rings (SSSR count). The number of aliphatic carboxylic acids is 1. The second-order valence-electron chi connectivity index (χ2n) is 11.2. The number of alkyl carbamates (subject to hydrolysis) is 1. The minimum Gasteiger partial charge on any atom is -0.481 e. The van der Waals surface area contributed by atoms with E-state index in [0.717, 1.165) is 22.3 Å². The maximum absolute atomic E-state index is 13.0. The van der Waals surface area contributed by atoms with Crippen molar-refractivity contribution in [3.63, 3.8) is 0 Å². The van der Waals surface area contributed by atoms with Gasteiger partial charge in [-0.1, -0.05) is 69.3 Å². The lowest BCUT2D eigenvalue weighted by atomic mass is 9.84. The SMILES string of the molecule is CC(C)(C)C(CC(=O)N1CC2CC2(C(=O)O)C1)NC(=O)OCC1c2ccccc2-c2ccccc21. The summed E-state index contributed by atoms with van der Waals surface area (Å²) >= 11 is 0. The van der Waals surface area contributed by atoms with Gasteiger partial charge in [0.2, 0.25) is 5.91 Å². The summed E-state index contributed by atoms with van der Waals surface area (Å²) in [6.07, 6.45) is 0.203. The number of carbonyl (C=O) groups is 3. The van der Waals surface area contributed by atoms with Crippen LogP contribution in [0, 0.1) is 16.7 Å². The fraction of sp³-hybridized carbons (Fsp3) is 0.464. The first-order valence-corrected chi connectivity index (χ1v) is 12.2. The molecule has 2 amide bonds. The molecule has 0 aromatic heterocycles. The van der Waals surface area contributed by atoms with Crippen molar-refractivity contribution in [3.05, 3.63) is 59.7 Å². The molecule has 3 aliphatic rings. The lowest BCUT2D eigenvalue weighted by Crippen LogP contribution is -2.48. The number of nitrogens with zero attached hydrogens (tertiary/aromatic N) is 1. The van der Waals surface area contributed by atoms with E-state index in [1.165, 1.54) is 0 Å². The molecule has 0 bridgehead atoms. The van der Waals surface area contributed by atoms with Gasteiger partial charge in [-0.15, -0.1) is 0 Å². The number of hydrogen-bond donors (Lipinski definition) is 2. The predicted molar refractivity (Wildman–Crippen MR) is 131 cm³/mol. The van der Waals surface area contributed by atoms with Crippen molar-refractivity contribution in [1.29, 1.82) is 0 Å². The average molecular weight is 477 g/mol. The Hall–Kier alpha value is -3.35. The fourth-order valence-electron chi connectivity index (χ4n) is 5.66. The molecule has 2 fully saturated rings. The zero-order chi connectivity index (χ0) is 25.0. The number of carbonyl (C=O) groups excluding carboxylic acids is 2. The van der Waals surface area contributed by atoms with Crippen LogP contribution in [-0.2, 0) is 14.3 Å². The molecule has 1 aliphatic heterocycles. The normalized spacial score (nSPS) is 23.2. The van der Waals surface area contributed by atoms with Crippen molar-refractivity contribution in [2.24, 2.45) is 16.7 Å². The Labute approximate surface area is 205 Å². The lowest BCUT2D eigenvalue weighted by Gasteiger charge is -2.32. The summed E-state index contributed by atoms with van der Waals surface area (Å²) in [5.74, 6) is -0.933. The maximum atomic E-state index is 13.0. The number of fused-ring (bicyclic) bond motifs is 4. The van der Waals surface area contributed by atoms with Crippen molar-refractivity contribution in [2.75, 3.05) is 19.7 Å². The van der Waals surface area contributed by atoms with Crippen molar-refractivity contribution in [2.45, 2.75) is 45.6 Å². The molecule has 184 valence electrons. The number of likely N-dealkylation sites (tertiary alicyclic amines) is 1. The minimum atomic E-state index is -0.818. The van der Waals surface area contributed by atoms with Crippen molar-refractivity contribution in [3.8, 4) is 11.1 Å². The monoisotopic (exact) mass is 476 g/mol. The highest BCUT2D eigenvalue weighted by Crippen LogP contribution is 2.58. The van der Waals surface area contributed by atoms with Crippen molar-refractivity contribution in [1.82, 2.24) is 10.2 Å². The highest BCUT2D eigenvalue weighted by atomic mass is 16.5. The molecule has 1 heterocycles. The van der Waals surface area contributed by atoms with Crippen LogP contribution in [0.4, 0.5) is 4.79 Å².